The van der Waals surface area contributed by atoms with Crippen LogP contribution >= 0.6 is 12.6 Å². The van der Waals surface area contributed by atoms with E-state index in [1.165, 1.54) is 0 Å². The average molecular weight is 161 g/mol. The lowest BCUT2D eigenvalue weighted by atomic mass is 10.2. The predicted octanol–water partition coefficient (Wildman–Crippen LogP) is 1.22. The average Bonchev–Trinajstić information content (AvgIpc) is 1.87. The summed E-state index contributed by atoms with van der Waals surface area (Å²) in [6.45, 7) is 5.78. The van der Waals surface area contributed by atoms with Crippen molar-refractivity contribution in [3.63, 3.8) is 0 Å². The zero-order valence-electron chi connectivity index (χ0n) is 6.72. The van der Waals surface area contributed by atoms with E-state index in [1.54, 1.807) is 6.92 Å². The van der Waals surface area contributed by atoms with Crippen molar-refractivity contribution in [3.05, 3.63) is 0 Å². The lowest BCUT2D eigenvalue weighted by molar-refractivity contribution is -0.120. The van der Waals surface area contributed by atoms with Gasteiger partial charge in [0.25, 0.3) is 0 Å². The minimum Gasteiger partial charge on any atom is -0.353 e. The van der Waals surface area contributed by atoms with Crippen LogP contribution in [0.4, 0.5) is 0 Å². The van der Waals surface area contributed by atoms with Crippen molar-refractivity contribution in [2.45, 2.75) is 38.5 Å². The predicted molar refractivity (Wildman–Crippen MR) is 46.3 cm³/mol. The molecule has 0 aromatic rings. The molecule has 0 heterocycles. The molecule has 0 rings (SSSR count). The Morgan fingerprint density at radius 2 is 2.10 bits per heavy atom. The molecule has 0 bridgehead atoms. The topological polar surface area (TPSA) is 29.1 Å². The van der Waals surface area contributed by atoms with E-state index >= 15 is 0 Å². The molecule has 0 spiro atoms. The molecule has 0 aliphatic carbocycles. The van der Waals surface area contributed by atoms with Crippen molar-refractivity contribution >= 4 is 18.5 Å². The van der Waals surface area contributed by atoms with E-state index in [2.05, 4.69) is 17.9 Å². The smallest absolute Gasteiger partial charge is 0.232 e. The number of rotatable bonds is 3. The number of hydrogen-bond donors (Lipinski definition) is 2. The van der Waals surface area contributed by atoms with Gasteiger partial charge in [-0.2, -0.15) is 12.6 Å². The highest BCUT2D eigenvalue weighted by atomic mass is 32.1. The molecule has 1 amide bonds. The third-order valence-corrected chi connectivity index (χ3v) is 1.61. The summed E-state index contributed by atoms with van der Waals surface area (Å²) in [5.74, 6) is 0.0117. The summed E-state index contributed by atoms with van der Waals surface area (Å²) in [4.78, 5) is 10.9. The molecular weight excluding hydrogens is 146 g/mol. The zero-order chi connectivity index (χ0) is 8.15. The van der Waals surface area contributed by atoms with Crippen LogP contribution in [0.25, 0.3) is 0 Å². The number of hydrogen-bond acceptors (Lipinski definition) is 2. The van der Waals surface area contributed by atoms with Gasteiger partial charge in [-0.05, 0) is 20.3 Å². The van der Waals surface area contributed by atoms with Crippen LogP contribution in [-0.4, -0.2) is 17.2 Å². The standard InChI is InChI=1S/C7H15NOS/c1-4-5(2)8-7(9)6(3)10/h5-6,10H,4H2,1-3H3,(H,8,9). The minimum atomic E-state index is -0.200. The second-order valence-corrected chi connectivity index (χ2v) is 3.27. The van der Waals surface area contributed by atoms with Gasteiger partial charge in [0.15, 0.2) is 0 Å². The molecule has 0 radical (unpaired) electrons. The number of amides is 1. The summed E-state index contributed by atoms with van der Waals surface area (Å²) in [7, 11) is 0. The fourth-order valence-corrected chi connectivity index (χ4v) is 0.540. The van der Waals surface area contributed by atoms with Gasteiger partial charge in [0, 0.05) is 6.04 Å². The summed E-state index contributed by atoms with van der Waals surface area (Å²) in [5.41, 5.74) is 0. The Balaban J connectivity index is 3.57. The van der Waals surface area contributed by atoms with Gasteiger partial charge in [-0.3, -0.25) is 4.79 Å². The molecule has 2 unspecified atom stereocenters. The molecule has 0 aliphatic heterocycles. The molecule has 10 heavy (non-hydrogen) atoms. The van der Waals surface area contributed by atoms with Gasteiger partial charge in [-0.15, -0.1) is 0 Å². The maximum atomic E-state index is 10.9. The molecule has 0 fully saturated rings. The monoisotopic (exact) mass is 161 g/mol. The van der Waals surface area contributed by atoms with E-state index in [9.17, 15) is 4.79 Å². The molecule has 0 saturated heterocycles. The van der Waals surface area contributed by atoms with E-state index < -0.39 is 0 Å². The number of nitrogens with one attached hydrogen (secondary N) is 1. The zero-order valence-corrected chi connectivity index (χ0v) is 7.61. The minimum absolute atomic E-state index is 0.0117. The van der Waals surface area contributed by atoms with Crippen LogP contribution in [0.5, 0.6) is 0 Å². The lowest BCUT2D eigenvalue weighted by Crippen LogP contribution is -2.36. The molecule has 0 aliphatic rings. The molecule has 1 N–H and O–H groups in total. The molecule has 0 saturated carbocycles. The van der Waals surface area contributed by atoms with Crippen LogP contribution in [0.15, 0.2) is 0 Å². The Hall–Kier alpha value is -0.180. The quantitative estimate of drug-likeness (QED) is 0.599. The second kappa shape index (κ2) is 4.61. The molecule has 60 valence electrons. The summed E-state index contributed by atoms with van der Waals surface area (Å²) in [6, 6.07) is 0.266. The fourth-order valence-electron chi connectivity index (χ4n) is 0.466. The first-order chi connectivity index (χ1) is 4.57. The maximum absolute atomic E-state index is 10.9. The van der Waals surface area contributed by atoms with Crippen molar-refractivity contribution in [2.75, 3.05) is 0 Å². The highest BCUT2D eigenvalue weighted by Crippen LogP contribution is 1.94. The molecule has 3 heteroatoms. The van der Waals surface area contributed by atoms with Crippen molar-refractivity contribution < 1.29 is 4.79 Å². The first-order valence-corrected chi connectivity index (χ1v) is 4.08. The van der Waals surface area contributed by atoms with Crippen LogP contribution in [-0.2, 0) is 4.79 Å². The number of thiol groups is 1. The van der Waals surface area contributed by atoms with Gasteiger partial charge in [0.2, 0.25) is 5.91 Å². The van der Waals surface area contributed by atoms with Gasteiger partial charge in [0.1, 0.15) is 0 Å². The molecule has 0 aromatic carbocycles. The Bertz CT molecular complexity index is 114. The first-order valence-electron chi connectivity index (χ1n) is 3.56. The maximum Gasteiger partial charge on any atom is 0.232 e. The molecular formula is C7H15NOS. The van der Waals surface area contributed by atoms with Crippen LogP contribution < -0.4 is 5.32 Å². The van der Waals surface area contributed by atoms with E-state index in [1.807, 2.05) is 13.8 Å². The van der Waals surface area contributed by atoms with Crippen molar-refractivity contribution in [3.8, 4) is 0 Å². The summed E-state index contributed by atoms with van der Waals surface area (Å²) in [5, 5.41) is 2.61. The number of carbonyl (C=O) groups excluding carboxylic acids is 1. The van der Waals surface area contributed by atoms with Crippen LogP contribution in [0.1, 0.15) is 27.2 Å². The SMILES string of the molecule is CCC(C)NC(=O)C(C)S. The van der Waals surface area contributed by atoms with E-state index in [-0.39, 0.29) is 17.2 Å². The highest BCUT2D eigenvalue weighted by Gasteiger charge is 2.08. The largest absolute Gasteiger partial charge is 0.353 e. The third-order valence-electron chi connectivity index (χ3n) is 1.38. The fraction of sp³-hybridized carbons (Fsp3) is 0.857. The van der Waals surface area contributed by atoms with Crippen molar-refractivity contribution in [1.82, 2.24) is 5.32 Å². The normalized spacial score (nSPS) is 16.0. The summed E-state index contributed by atoms with van der Waals surface area (Å²) < 4.78 is 0. The van der Waals surface area contributed by atoms with Gasteiger partial charge in [-0.25, -0.2) is 0 Å². The van der Waals surface area contributed by atoms with Gasteiger partial charge in [-0.1, -0.05) is 6.92 Å². The van der Waals surface area contributed by atoms with E-state index in [4.69, 9.17) is 0 Å². The summed E-state index contributed by atoms with van der Waals surface area (Å²) in [6.07, 6.45) is 0.965. The van der Waals surface area contributed by atoms with E-state index in [0.717, 1.165) is 6.42 Å². The van der Waals surface area contributed by atoms with Crippen LogP contribution in [0.3, 0.4) is 0 Å². The molecule has 0 aromatic heterocycles. The Labute approximate surface area is 67.8 Å². The van der Waals surface area contributed by atoms with Gasteiger partial charge >= 0.3 is 0 Å². The first kappa shape index (κ1) is 9.82. The lowest BCUT2D eigenvalue weighted by Gasteiger charge is -2.12. The Morgan fingerprint density at radius 3 is 2.40 bits per heavy atom. The summed E-state index contributed by atoms with van der Waals surface area (Å²) >= 11 is 3.99. The van der Waals surface area contributed by atoms with Gasteiger partial charge in [0.05, 0.1) is 5.25 Å². The molecule has 2 atom stereocenters. The van der Waals surface area contributed by atoms with Crippen LogP contribution in [0, 0.1) is 0 Å². The Morgan fingerprint density at radius 1 is 1.60 bits per heavy atom. The van der Waals surface area contributed by atoms with Crippen molar-refractivity contribution in [2.24, 2.45) is 0 Å². The van der Waals surface area contributed by atoms with E-state index in [0.29, 0.717) is 0 Å². The third kappa shape index (κ3) is 3.77. The van der Waals surface area contributed by atoms with Crippen LogP contribution in [0.2, 0.25) is 0 Å². The number of carbonyl (C=O) groups is 1. The highest BCUT2D eigenvalue weighted by molar-refractivity contribution is 7.81. The van der Waals surface area contributed by atoms with Crippen molar-refractivity contribution in [1.29, 1.82) is 0 Å². The van der Waals surface area contributed by atoms with Gasteiger partial charge < -0.3 is 5.32 Å². The molecule has 2 nitrogen and oxygen atoms in total. The second-order valence-electron chi connectivity index (χ2n) is 2.49. The Kier molecular flexibility index (Phi) is 4.52.